The summed E-state index contributed by atoms with van der Waals surface area (Å²) in [5.41, 5.74) is 7.98. The number of anilines is 1. The maximum atomic E-state index is 11.0. The van der Waals surface area contributed by atoms with E-state index in [1.54, 1.807) is 6.20 Å². The monoisotopic (exact) mass is 242 g/mol. The number of carbonyl (C=O) groups excluding carboxylic acids is 1. The lowest BCUT2D eigenvalue weighted by atomic mass is 10.1. The summed E-state index contributed by atoms with van der Waals surface area (Å²) < 4.78 is 0. The number of hydrogen-bond donors (Lipinski definition) is 1. The topological polar surface area (TPSA) is 72.1 Å². The summed E-state index contributed by atoms with van der Waals surface area (Å²) in [6.45, 7) is 0. The van der Waals surface area contributed by atoms with E-state index in [-0.39, 0.29) is 5.69 Å². The van der Waals surface area contributed by atoms with Gasteiger partial charge in [-0.05, 0) is 12.1 Å². The summed E-state index contributed by atoms with van der Waals surface area (Å²) in [5, 5.41) is 0. The van der Waals surface area contributed by atoms with Crippen LogP contribution in [0.15, 0.2) is 36.7 Å². The highest BCUT2D eigenvalue weighted by Crippen LogP contribution is 2.20. The zero-order valence-corrected chi connectivity index (χ0v) is 10.3. The van der Waals surface area contributed by atoms with E-state index in [2.05, 4.69) is 9.97 Å². The van der Waals surface area contributed by atoms with Gasteiger partial charge in [0, 0.05) is 25.3 Å². The molecule has 1 aromatic carbocycles. The van der Waals surface area contributed by atoms with Gasteiger partial charge in [-0.2, -0.15) is 0 Å². The van der Waals surface area contributed by atoms with Crippen LogP contribution >= 0.6 is 0 Å². The first-order valence-electron chi connectivity index (χ1n) is 5.47. The molecule has 92 valence electrons. The van der Waals surface area contributed by atoms with Crippen LogP contribution in [0, 0.1) is 0 Å². The maximum Gasteiger partial charge on any atom is 0.268 e. The van der Waals surface area contributed by atoms with Gasteiger partial charge in [0.25, 0.3) is 5.91 Å². The van der Waals surface area contributed by atoms with Gasteiger partial charge in [-0.25, -0.2) is 4.98 Å². The van der Waals surface area contributed by atoms with E-state index < -0.39 is 5.91 Å². The molecule has 0 bridgehead atoms. The first-order valence-corrected chi connectivity index (χ1v) is 5.47. The van der Waals surface area contributed by atoms with E-state index in [1.165, 1.54) is 6.20 Å². The van der Waals surface area contributed by atoms with Crippen LogP contribution in [0.1, 0.15) is 10.5 Å². The molecule has 2 rings (SSSR count). The van der Waals surface area contributed by atoms with Crippen LogP contribution in [0.2, 0.25) is 0 Å². The zero-order chi connectivity index (χ0) is 13.1. The minimum absolute atomic E-state index is 0.171. The molecule has 0 aliphatic heterocycles. The van der Waals surface area contributed by atoms with Crippen LogP contribution in [0.5, 0.6) is 0 Å². The number of hydrogen-bond acceptors (Lipinski definition) is 4. The molecule has 0 saturated heterocycles. The summed E-state index contributed by atoms with van der Waals surface area (Å²) in [4.78, 5) is 21.2. The van der Waals surface area contributed by atoms with Gasteiger partial charge < -0.3 is 10.6 Å². The highest BCUT2D eigenvalue weighted by atomic mass is 16.1. The Morgan fingerprint density at radius 1 is 1.17 bits per heavy atom. The quantitative estimate of drug-likeness (QED) is 0.880. The first-order chi connectivity index (χ1) is 8.58. The highest BCUT2D eigenvalue weighted by Gasteiger charge is 2.06. The predicted octanol–water partition coefficient (Wildman–Crippen LogP) is 1.31. The molecule has 0 aliphatic carbocycles. The number of primary amides is 1. The second-order valence-electron chi connectivity index (χ2n) is 4.10. The van der Waals surface area contributed by atoms with E-state index in [0.29, 0.717) is 5.69 Å². The number of benzene rings is 1. The molecule has 0 atom stereocenters. The van der Waals surface area contributed by atoms with Crippen LogP contribution in [-0.4, -0.2) is 30.0 Å². The second kappa shape index (κ2) is 4.83. The SMILES string of the molecule is CN(C)c1ccc(-c2cncc(C(N)=O)n2)cc1. The van der Waals surface area contributed by atoms with Crippen molar-refractivity contribution in [3.63, 3.8) is 0 Å². The molecule has 0 aliphatic rings. The molecular weight excluding hydrogens is 228 g/mol. The molecule has 0 saturated carbocycles. The van der Waals surface area contributed by atoms with Crippen molar-refractivity contribution in [3.05, 3.63) is 42.4 Å². The molecular formula is C13H14N4O. The van der Waals surface area contributed by atoms with Gasteiger partial charge in [-0.3, -0.25) is 9.78 Å². The third-order valence-corrected chi connectivity index (χ3v) is 2.57. The lowest BCUT2D eigenvalue weighted by Crippen LogP contribution is -2.13. The molecule has 0 fully saturated rings. The van der Waals surface area contributed by atoms with Crippen molar-refractivity contribution < 1.29 is 4.79 Å². The average molecular weight is 242 g/mol. The fourth-order valence-electron chi connectivity index (χ4n) is 1.55. The van der Waals surface area contributed by atoms with Crippen LogP contribution in [0.3, 0.4) is 0 Å². The van der Waals surface area contributed by atoms with Gasteiger partial charge in [0.2, 0.25) is 0 Å². The number of nitrogens with two attached hydrogens (primary N) is 1. The van der Waals surface area contributed by atoms with E-state index in [9.17, 15) is 4.79 Å². The molecule has 1 aromatic heterocycles. The average Bonchev–Trinajstić information content (AvgIpc) is 2.39. The van der Waals surface area contributed by atoms with E-state index in [0.717, 1.165) is 11.3 Å². The van der Waals surface area contributed by atoms with Crippen molar-refractivity contribution >= 4 is 11.6 Å². The lowest BCUT2D eigenvalue weighted by Gasteiger charge is -2.12. The predicted molar refractivity (Wildman–Crippen MR) is 70.3 cm³/mol. The molecule has 5 nitrogen and oxygen atoms in total. The summed E-state index contributed by atoms with van der Waals surface area (Å²) in [7, 11) is 3.95. The van der Waals surface area contributed by atoms with Gasteiger partial charge in [-0.1, -0.05) is 12.1 Å². The highest BCUT2D eigenvalue weighted by molar-refractivity contribution is 5.90. The number of aromatic nitrogens is 2. The van der Waals surface area contributed by atoms with Crippen LogP contribution in [0.4, 0.5) is 5.69 Å². The Kier molecular flexibility index (Phi) is 3.23. The van der Waals surface area contributed by atoms with E-state index in [1.807, 2.05) is 43.3 Å². The summed E-state index contributed by atoms with van der Waals surface area (Å²) in [6.07, 6.45) is 2.97. The Balaban J connectivity index is 2.36. The van der Waals surface area contributed by atoms with Crippen LogP contribution < -0.4 is 10.6 Å². The molecule has 0 radical (unpaired) electrons. The van der Waals surface area contributed by atoms with Crippen LogP contribution in [0.25, 0.3) is 11.3 Å². The standard InChI is InChI=1S/C13H14N4O/c1-17(2)10-5-3-9(4-6-10)11-7-15-8-12(16-11)13(14)18/h3-8H,1-2H3,(H2,14,18). The minimum atomic E-state index is -0.575. The molecule has 5 heteroatoms. The molecule has 0 spiro atoms. The van der Waals surface area contributed by atoms with Crippen molar-refractivity contribution in [1.82, 2.24) is 9.97 Å². The number of nitrogens with zero attached hydrogens (tertiary/aromatic N) is 3. The van der Waals surface area contributed by atoms with Gasteiger partial charge in [0.15, 0.2) is 0 Å². The number of carbonyl (C=O) groups is 1. The van der Waals surface area contributed by atoms with Crippen molar-refractivity contribution in [3.8, 4) is 11.3 Å². The second-order valence-corrected chi connectivity index (χ2v) is 4.10. The van der Waals surface area contributed by atoms with E-state index in [4.69, 9.17) is 5.73 Å². The third kappa shape index (κ3) is 2.45. The summed E-state index contributed by atoms with van der Waals surface area (Å²) in [6, 6.07) is 7.83. The molecule has 2 aromatic rings. The number of rotatable bonds is 3. The van der Waals surface area contributed by atoms with Crippen LogP contribution in [-0.2, 0) is 0 Å². The smallest absolute Gasteiger partial charge is 0.268 e. The fraction of sp³-hybridized carbons (Fsp3) is 0.154. The maximum absolute atomic E-state index is 11.0. The largest absolute Gasteiger partial charge is 0.378 e. The Hall–Kier alpha value is -2.43. The zero-order valence-electron chi connectivity index (χ0n) is 10.3. The van der Waals surface area contributed by atoms with Crippen molar-refractivity contribution in [1.29, 1.82) is 0 Å². The third-order valence-electron chi connectivity index (χ3n) is 2.57. The lowest BCUT2D eigenvalue weighted by molar-refractivity contribution is 0.0995. The molecule has 18 heavy (non-hydrogen) atoms. The van der Waals surface area contributed by atoms with Gasteiger partial charge >= 0.3 is 0 Å². The van der Waals surface area contributed by atoms with Gasteiger partial charge in [0.1, 0.15) is 5.69 Å². The summed E-state index contributed by atoms with van der Waals surface area (Å²) in [5.74, 6) is -0.575. The van der Waals surface area contributed by atoms with Gasteiger partial charge in [-0.15, -0.1) is 0 Å². The molecule has 2 N–H and O–H groups in total. The van der Waals surface area contributed by atoms with Gasteiger partial charge in [0.05, 0.1) is 18.1 Å². The normalized spacial score (nSPS) is 10.1. The van der Waals surface area contributed by atoms with E-state index >= 15 is 0 Å². The fourth-order valence-corrected chi connectivity index (χ4v) is 1.55. The Morgan fingerprint density at radius 3 is 2.39 bits per heavy atom. The molecule has 0 unspecified atom stereocenters. The number of amides is 1. The molecule has 1 heterocycles. The minimum Gasteiger partial charge on any atom is -0.378 e. The Bertz CT molecular complexity index is 563. The Labute approximate surface area is 105 Å². The van der Waals surface area contributed by atoms with Crippen molar-refractivity contribution in [2.24, 2.45) is 5.73 Å². The Morgan fingerprint density at radius 2 is 1.83 bits per heavy atom. The van der Waals surface area contributed by atoms with Crippen molar-refractivity contribution in [2.75, 3.05) is 19.0 Å². The summed E-state index contributed by atoms with van der Waals surface area (Å²) >= 11 is 0. The first kappa shape index (κ1) is 12.0. The molecule has 1 amide bonds. The van der Waals surface area contributed by atoms with Crippen molar-refractivity contribution in [2.45, 2.75) is 0 Å².